The van der Waals surface area contributed by atoms with E-state index in [1.54, 1.807) is 6.07 Å². The Bertz CT molecular complexity index is 169. The van der Waals surface area contributed by atoms with Crippen molar-refractivity contribution in [2.75, 3.05) is 0 Å². The van der Waals surface area contributed by atoms with E-state index in [0.29, 0.717) is 0 Å². The molecule has 0 bridgehead atoms. The maximum absolute atomic E-state index is 9.25. The molecule has 0 saturated heterocycles. The first-order chi connectivity index (χ1) is 5.19. The molecule has 1 N–H and O–H groups in total. The molecule has 0 aromatic carbocycles. The summed E-state index contributed by atoms with van der Waals surface area (Å²) in [5, 5.41) is 17.7. The van der Waals surface area contributed by atoms with E-state index in [0.717, 1.165) is 25.7 Å². The van der Waals surface area contributed by atoms with E-state index < -0.39 is 11.0 Å². The fourth-order valence-corrected chi connectivity index (χ4v) is 1.84. The molecule has 1 saturated carbocycles. The second kappa shape index (κ2) is 3.42. The van der Waals surface area contributed by atoms with Crippen molar-refractivity contribution in [2.45, 2.75) is 43.1 Å². The van der Waals surface area contributed by atoms with Crippen molar-refractivity contribution in [1.29, 1.82) is 5.26 Å². The Kier molecular flexibility index (Phi) is 2.75. The largest absolute Gasteiger partial charge is 0.376 e. The van der Waals surface area contributed by atoms with Gasteiger partial charge in [0, 0.05) is 0 Å². The number of halogens is 1. The number of aliphatic hydroxyl groups excluding tert-OH is 1. The summed E-state index contributed by atoms with van der Waals surface area (Å²) in [7, 11) is 0. The highest BCUT2D eigenvalue weighted by Crippen LogP contribution is 2.36. The van der Waals surface area contributed by atoms with Crippen LogP contribution >= 0.6 is 11.6 Å². The molecular weight excluding hydrogens is 162 g/mol. The van der Waals surface area contributed by atoms with Crippen molar-refractivity contribution in [2.24, 2.45) is 0 Å². The molecule has 0 heterocycles. The van der Waals surface area contributed by atoms with E-state index in [1.807, 2.05) is 0 Å². The molecular formula is C8H12ClNO. The van der Waals surface area contributed by atoms with Gasteiger partial charge in [-0.2, -0.15) is 5.26 Å². The lowest BCUT2D eigenvalue weighted by Gasteiger charge is -2.31. The number of nitrogens with zero attached hydrogens (tertiary/aromatic N) is 1. The molecule has 1 unspecified atom stereocenters. The van der Waals surface area contributed by atoms with Gasteiger partial charge >= 0.3 is 0 Å². The average Bonchev–Trinajstić information content (AvgIpc) is 2.04. The first-order valence-corrected chi connectivity index (χ1v) is 4.33. The Labute approximate surface area is 71.8 Å². The Hall–Kier alpha value is -0.260. The van der Waals surface area contributed by atoms with Gasteiger partial charge in [0.1, 0.15) is 0 Å². The summed E-state index contributed by atoms with van der Waals surface area (Å²) in [6, 6.07) is 1.80. The van der Waals surface area contributed by atoms with Crippen molar-refractivity contribution in [3.05, 3.63) is 0 Å². The summed E-state index contributed by atoms with van der Waals surface area (Å²) in [5.74, 6) is 0. The third kappa shape index (κ3) is 1.85. The van der Waals surface area contributed by atoms with E-state index in [2.05, 4.69) is 0 Å². The fraction of sp³-hybridized carbons (Fsp3) is 0.875. The summed E-state index contributed by atoms with van der Waals surface area (Å²) in [6.45, 7) is 0. The van der Waals surface area contributed by atoms with Crippen LogP contribution in [0.25, 0.3) is 0 Å². The molecule has 1 aliphatic rings. The molecule has 1 rings (SSSR count). The summed E-state index contributed by atoms with van der Waals surface area (Å²) in [4.78, 5) is -0.646. The lowest BCUT2D eigenvalue weighted by atomic mass is 9.85. The number of rotatable bonds is 1. The highest BCUT2D eigenvalue weighted by molar-refractivity contribution is 6.24. The van der Waals surface area contributed by atoms with Crippen molar-refractivity contribution in [3.8, 4) is 6.07 Å². The summed E-state index contributed by atoms with van der Waals surface area (Å²) < 4.78 is 0. The Morgan fingerprint density at radius 3 is 2.36 bits per heavy atom. The van der Waals surface area contributed by atoms with Gasteiger partial charge in [-0.15, -0.1) is 11.6 Å². The van der Waals surface area contributed by atoms with Crippen LogP contribution in [0.2, 0.25) is 0 Å². The highest BCUT2D eigenvalue weighted by Gasteiger charge is 2.36. The standard InChI is InChI=1S/C8H12ClNO/c9-8(7(11)6-10)4-2-1-3-5-8/h7,11H,1-5H2. The zero-order chi connectivity index (χ0) is 8.32. The van der Waals surface area contributed by atoms with Gasteiger partial charge in [0.2, 0.25) is 0 Å². The van der Waals surface area contributed by atoms with Gasteiger partial charge in [-0.05, 0) is 12.8 Å². The van der Waals surface area contributed by atoms with Gasteiger partial charge in [-0.1, -0.05) is 19.3 Å². The van der Waals surface area contributed by atoms with Crippen LogP contribution in [0.4, 0.5) is 0 Å². The monoisotopic (exact) mass is 173 g/mol. The highest BCUT2D eigenvalue weighted by atomic mass is 35.5. The normalized spacial score (nSPS) is 25.5. The summed E-state index contributed by atoms with van der Waals surface area (Å²) in [5.41, 5.74) is 0. The minimum atomic E-state index is -0.996. The SMILES string of the molecule is N#CC(O)C1(Cl)CCCCC1. The van der Waals surface area contributed by atoms with Crippen LogP contribution in [-0.2, 0) is 0 Å². The van der Waals surface area contributed by atoms with Gasteiger partial charge in [0.05, 0.1) is 10.9 Å². The van der Waals surface area contributed by atoms with Crippen molar-refractivity contribution >= 4 is 11.6 Å². The zero-order valence-electron chi connectivity index (χ0n) is 6.39. The molecule has 0 spiro atoms. The molecule has 3 heteroatoms. The molecule has 11 heavy (non-hydrogen) atoms. The first-order valence-electron chi connectivity index (χ1n) is 3.96. The lowest BCUT2D eigenvalue weighted by Crippen LogP contribution is -2.37. The molecule has 1 atom stereocenters. The third-order valence-electron chi connectivity index (χ3n) is 2.30. The third-order valence-corrected chi connectivity index (χ3v) is 2.88. The van der Waals surface area contributed by atoms with E-state index in [1.165, 1.54) is 6.42 Å². The molecule has 0 aromatic rings. The van der Waals surface area contributed by atoms with Crippen molar-refractivity contribution in [3.63, 3.8) is 0 Å². The van der Waals surface area contributed by atoms with Crippen LogP contribution in [0, 0.1) is 11.3 Å². The number of hydrogen-bond acceptors (Lipinski definition) is 2. The molecule has 0 amide bonds. The second-order valence-corrected chi connectivity index (χ2v) is 3.88. The molecule has 1 fully saturated rings. The maximum Gasteiger partial charge on any atom is 0.159 e. The van der Waals surface area contributed by atoms with Crippen LogP contribution in [0.15, 0.2) is 0 Å². The number of aliphatic hydroxyl groups is 1. The molecule has 0 radical (unpaired) electrons. The Morgan fingerprint density at radius 1 is 1.36 bits per heavy atom. The van der Waals surface area contributed by atoms with Crippen LogP contribution in [0.1, 0.15) is 32.1 Å². The van der Waals surface area contributed by atoms with E-state index in [9.17, 15) is 5.11 Å². The lowest BCUT2D eigenvalue weighted by molar-refractivity contribution is 0.150. The van der Waals surface area contributed by atoms with Crippen LogP contribution in [-0.4, -0.2) is 16.1 Å². The fourth-order valence-electron chi connectivity index (χ4n) is 1.53. The smallest absolute Gasteiger partial charge is 0.159 e. The van der Waals surface area contributed by atoms with Gasteiger partial charge < -0.3 is 5.11 Å². The second-order valence-electron chi connectivity index (χ2n) is 3.13. The predicted octanol–water partition coefficient (Wildman–Crippen LogP) is 1.81. The molecule has 62 valence electrons. The summed E-state index contributed by atoms with van der Waals surface area (Å²) >= 11 is 6.05. The predicted molar refractivity (Wildman–Crippen MR) is 43.3 cm³/mol. The summed E-state index contributed by atoms with van der Waals surface area (Å²) in [6.07, 6.45) is 3.77. The van der Waals surface area contributed by atoms with Gasteiger partial charge in [0.15, 0.2) is 6.10 Å². The topological polar surface area (TPSA) is 44.0 Å². The van der Waals surface area contributed by atoms with Gasteiger partial charge in [-0.3, -0.25) is 0 Å². The minimum Gasteiger partial charge on any atom is -0.376 e. The first kappa shape index (κ1) is 8.83. The molecule has 0 aromatic heterocycles. The maximum atomic E-state index is 9.25. The number of alkyl halides is 1. The minimum absolute atomic E-state index is 0.646. The molecule has 2 nitrogen and oxygen atoms in total. The number of nitriles is 1. The van der Waals surface area contributed by atoms with E-state index in [-0.39, 0.29) is 0 Å². The van der Waals surface area contributed by atoms with Crippen LogP contribution < -0.4 is 0 Å². The van der Waals surface area contributed by atoms with Gasteiger partial charge in [0.25, 0.3) is 0 Å². The molecule has 0 aliphatic heterocycles. The van der Waals surface area contributed by atoms with Crippen LogP contribution in [0.5, 0.6) is 0 Å². The Morgan fingerprint density at radius 2 is 1.91 bits per heavy atom. The quantitative estimate of drug-likeness (QED) is 0.486. The average molecular weight is 174 g/mol. The van der Waals surface area contributed by atoms with E-state index in [4.69, 9.17) is 16.9 Å². The number of hydrogen-bond donors (Lipinski definition) is 1. The van der Waals surface area contributed by atoms with Crippen LogP contribution in [0.3, 0.4) is 0 Å². The van der Waals surface area contributed by atoms with E-state index >= 15 is 0 Å². The Balaban J connectivity index is 2.57. The zero-order valence-corrected chi connectivity index (χ0v) is 7.14. The van der Waals surface area contributed by atoms with Crippen molar-refractivity contribution < 1.29 is 5.11 Å². The molecule has 1 aliphatic carbocycles. The van der Waals surface area contributed by atoms with Gasteiger partial charge in [-0.25, -0.2) is 0 Å². The van der Waals surface area contributed by atoms with Crippen molar-refractivity contribution in [1.82, 2.24) is 0 Å².